The molecule has 0 saturated carbocycles. The molecule has 18 heavy (non-hydrogen) atoms. The van der Waals surface area contributed by atoms with Crippen molar-refractivity contribution in [3.05, 3.63) is 42.0 Å². The van der Waals surface area contributed by atoms with Crippen molar-refractivity contribution in [1.29, 1.82) is 0 Å². The lowest BCUT2D eigenvalue weighted by molar-refractivity contribution is 0.328. The minimum atomic E-state index is 0.604. The SMILES string of the molecule is CCOc1ncccc1NCc1ccc(CC)o1. The molecule has 0 unspecified atom stereocenters. The standard InChI is InChI=1S/C14H18N2O2/c1-3-11-7-8-12(18-11)10-16-13-6-5-9-15-14(13)17-4-2/h5-9,16H,3-4,10H2,1-2H3. The van der Waals surface area contributed by atoms with Gasteiger partial charge in [-0.15, -0.1) is 0 Å². The molecule has 2 rings (SSSR count). The monoisotopic (exact) mass is 246 g/mol. The first-order chi connectivity index (χ1) is 8.83. The number of rotatable bonds is 6. The lowest BCUT2D eigenvalue weighted by Gasteiger charge is -2.09. The molecule has 0 saturated heterocycles. The molecule has 4 heteroatoms. The predicted molar refractivity (Wildman–Crippen MR) is 70.8 cm³/mol. The third-order valence-corrected chi connectivity index (χ3v) is 2.57. The van der Waals surface area contributed by atoms with E-state index in [2.05, 4.69) is 17.2 Å². The molecule has 2 aromatic heterocycles. The van der Waals surface area contributed by atoms with Gasteiger partial charge in [0.05, 0.1) is 18.8 Å². The molecular formula is C14H18N2O2. The molecular weight excluding hydrogens is 228 g/mol. The number of ether oxygens (including phenoxy) is 1. The number of pyridine rings is 1. The van der Waals surface area contributed by atoms with Crippen LogP contribution in [0.3, 0.4) is 0 Å². The summed E-state index contributed by atoms with van der Waals surface area (Å²) in [5, 5.41) is 3.27. The topological polar surface area (TPSA) is 47.3 Å². The molecule has 0 aliphatic carbocycles. The van der Waals surface area contributed by atoms with Crippen LogP contribution < -0.4 is 10.1 Å². The lowest BCUT2D eigenvalue weighted by atomic mass is 10.3. The van der Waals surface area contributed by atoms with Crippen molar-refractivity contribution >= 4 is 5.69 Å². The zero-order valence-electron chi connectivity index (χ0n) is 10.8. The Kier molecular flexibility index (Phi) is 4.23. The van der Waals surface area contributed by atoms with E-state index >= 15 is 0 Å². The number of aryl methyl sites for hydroxylation is 1. The van der Waals surface area contributed by atoms with Crippen molar-refractivity contribution in [3.63, 3.8) is 0 Å². The average molecular weight is 246 g/mol. The molecule has 2 heterocycles. The minimum absolute atomic E-state index is 0.604. The van der Waals surface area contributed by atoms with Gasteiger partial charge in [0.2, 0.25) is 5.88 Å². The van der Waals surface area contributed by atoms with E-state index < -0.39 is 0 Å². The van der Waals surface area contributed by atoms with Crippen molar-refractivity contribution in [2.45, 2.75) is 26.8 Å². The van der Waals surface area contributed by atoms with Crippen LogP contribution in [0.15, 0.2) is 34.9 Å². The van der Waals surface area contributed by atoms with Gasteiger partial charge >= 0.3 is 0 Å². The van der Waals surface area contributed by atoms with Crippen molar-refractivity contribution in [2.75, 3.05) is 11.9 Å². The zero-order valence-corrected chi connectivity index (χ0v) is 10.8. The summed E-state index contributed by atoms with van der Waals surface area (Å²) in [5.74, 6) is 2.54. The van der Waals surface area contributed by atoms with Gasteiger partial charge in [0.1, 0.15) is 11.5 Å². The average Bonchev–Trinajstić information content (AvgIpc) is 2.86. The van der Waals surface area contributed by atoms with Gasteiger partial charge in [-0.05, 0) is 31.2 Å². The molecule has 0 amide bonds. The van der Waals surface area contributed by atoms with Gasteiger partial charge in [0, 0.05) is 12.6 Å². The molecule has 0 aliphatic heterocycles. The fraction of sp³-hybridized carbons (Fsp3) is 0.357. The van der Waals surface area contributed by atoms with E-state index in [-0.39, 0.29) is 0 Å². The summed E-state index contributed by atoms with van der Waals surface area (Å²) in [6.07, 6.45) is 2.63. The molecule has 0 fully saturated rings. The van der Waals surface area contributed by atoms with Crippen LogP contribution in [0, 0.1) is 0 Å². The fourth-order valence-corrected chi connectivity index (χ4v) is 1.67. The van der Waals surface area contributed by atoms with Gasteiger partial charge in [0.15, 0.2) is 0 Å². The van der Waals surface area contributed by atoms with Crippen LogP contribution in [0.25, 0.3) is 0 Å². The largest absolute Gasteiger partial charge is 0.476 e. The van der Waals surface area contributed by atoms with Crippen LogP contribution in [0.4, 0.5) is 5.69 Å². The third kappa shape index (κ3) is 3.03. The maximum absolute atomic E-state index is 5.63. The van der Waals surface area contributed by atoms with Crippen LogP contribution in [0.2, 0.25) is 0 Å². The van der Waals surface area contributed by atoms with Gasteiger partial charge in [-0.1, -0.05) is 6.92 Å². The second kappa shape index (κ2) is 6.10. The molecule has 0 spiro atoms. The normalized spacial score (nSPS) is 10.3. The van der Waals surface area contributed by atoms with Gasteiger partial charge in [0.25, 0.3) is 0 Å². The van der Waals surface area contributed by atoms with E-state index in [1.807, 2.05) is 31.2 Å². The Bertz CT molecular complexity index is 494. The number of furan rings is 1. The lowest BCUT2D eigenvalue weighted by Crippen LogP contribution is -2.03. The first-order valence-corrected chi connectivity index (χ1v) is 6.22. The zero-order chi connectivity index (χ0) is 12.8. The Morgan fingerprint density at radius 3 is 2.78 bits per heavy atom. The van der Waals surface area contributed by atoms with E-state index in [9.17, 15) is 0 Å². The number of aromatic nitrogens is 1. The highest BCUT2D eigenvalue weighted by atomic mass is 16.5. The summed E-state index contributed by atoms with van der Waals surface area (Å²) in [4.78, 5) is 4.19. The first-order valence-electron chi connectivity index (χ1n) is 6.22. The molecule has 0 aromatic carbocycles. The number of hydrogen-bond acceptors (Lipinski definition) is 4. The summed E-state index contributed by atoms with van der Waals surface area (Å²) in [6, 6.07) is 7.82. The molecule has 0 atom stereocenters. The van der Waals surface area contributed by atoms with Gasteiger partial charge in [-0.3, -0.25) is 0 Å². The smallest absolute Gasteiger partial charge is 0.237 e. The van der Waals surface area contributed by atoms with E-state index in [0.29, 0.717) is 19.0 Å². The number of anilines is 1. The highest BCUT2D eigenvalue weighted by Crippen LogP contribution is 2.21. The Labute approximate surface area is 107 Å². The van der Waals surface area contributed by atoms with E-state index in [4.69, 9.17) is 9.15 Å². The molecule has 0 bridgehead atoms. The summed E-state index contributed by atoms with van der Waals surface area (Å²) in [6.45, 7) is 5.25. The molecule has 96 valence electrons. The van der Waals surface area contributed by atoms with Crippen molar-refractivity contribution in [2.24, 2.45) is 0 Å². The van der Waals surface area contributed by atoms with Crippen LogP contribution in [-0.2, 0) is 13.0 Å². The van der Waals surface area contributed by atoms with Crippen LogP contribution in [-0.4, -0.2) is 11.6 Å². The number of nitrogens with zero attached hydrogens (tertiary/aromatic N) is 1. The summed E-state index contributed by atoms with van der Waals surface area (Å²) in [5.41, 5.74) is 0.883. The second-order valence-corrected chi connectivity index (χ2v) is 3.86. The second-order valence-electron chi connectivity index (χ2n) is 3.86. The first kappa shape index (κ1) is 12.5. The maximum Gasteiger partial charge on any atom is 0.237 e. The Morgan fingerprint density at radius 2 is 2.06 bits per heavy atom. The molecule has 0 radical (unpaired) electrons. The predicted octanol–water partition coefficient (Wildman–Crippen LogP) is 3.25. The van der Waals surface area contributed by atoms with Crippen molar-refractivity contribution in [1.82, 2.24) is 4.98 Å². The Balaban J connectivity index is 2.01. The van der Waals surface area contributed by atoms with E-state index in [0.717, 1.165) is 23.6 Å². The van der Waals surface area contributed by atoms with Gasteiger partial charge < -0.3 is 14.5 Å². The minimum Gasteiger partial charge on any atom is -0.476 e. The van der Waals surface area contributed by atoms with Crippen LogP contribution in [0.1, 0.15) is 25.4 Å². The molecule has 4 nitrogen and oxygen atoms in total. The quantitative estimate of drug-likeness (QED) is 0.850. The van der Waals surface area contributed by atoms with Gasteiger partial charge in [-0.2, -0.15) is 0 Å². The van der Waals surface area contributed by atoms with Crippen LogP contribution >= 0.6 is 0 Å². The fourth-order valence-electron chi connectivity index (χ4n) is 1.67. The molecule has 2 aromatic rings. The number of hydrogen-bond donors (Lipinski definition) is 1. The van der Waals surface area contributed by atoms with Gasteiger partial charge in [-0.25, -0.2) is 4.98 Å². The molecule has 1 N–H and O–H groups in total. The van der Waals surface area contributed by atoms with Crippen molar-refractivity contribution < 1.29 is 9.15 Å². The van der Waals surface area contributed by atoms with Crippen LogP contribution in [0.5, 0.6) is 5.88 Å². The summed E-state index contributed by atoms with van der Waals surface area (Å²) >= 11 is 0. The highest BCUT2D eigenvalue weighted by Gasteiger charge is 2.05. The van der Waals surface area contributed by atoms with E-state index in [1.54, 1.807) is 6.20 Å². The highest BCUT2D eigenvalue weighted by molar-refractivity contribution is 5.52. The summed E-state index contributed by atoms with van der Waals surface area (Å²) < 4.78 is 11.1. The van der Waals surface area contributed by atoms with Crippen molar-refractivity contribution in [3.8, 4) is 5.88 Å². The number of nitrogens with one attached hydrogen (secondary N) is 1. The maximum atomic E-state index is 5.63. The Morgan fingerprint density at radius 1 is 1.22 bits per heavy atom. The molecule has 0 aliphatic rings. The summed E-state index contributed by atoms with van der Waals surface area (Å²) in [7, 11) is 0. The Hall–Kier alpha value is -1.97. The third-order valence-electron chi connectivity index (χ3n) is 2.57. The van der Waals surface area contributed by atoms with E-state index in [1.165, 1.54) is 0 Å².